The van der Waals surface area contributed by atoms with Crippen molar-refractivity contribution in [1.29, 1.82) is 0 Å². The molecular weight excluding hydrogens is 316 g/mol. The number of likely N-dealkylation sites (tertiary alicyclic amines) is 1. The summed E-state index contributed by atoms with van der Waals surface area (Å²) in [5.74, 6) is 1.97. The Kier molecular flexibility index (Phi) is 4.40. The van der Waals surface area contributed by atoms with E-state index in [1.807, 2.05) is 23.1 Å². The van der Waals surface area contributed by atoms with Crippen molar-refractivity contribution in [3.05, 3.63) is 29.8 Å². The fourth-order valence-electron chi connectivity index (χ4n) is 3.94. The summed E-state index contributed by atoms with van der Waals surface area (Å²) in [6, 6.07) is 8.16. The van der Waals surface area contributed by atoms with E-state index in [4.69, 9.17) is 4.74 Å². The number of amides is 2. The van der Waals surface area contributed by atoms with Crippen molar-refractivity contribution in [2.45, 2.75) is 44.1 Å². The van der Waals surface area contributed by atoms with Crippen LogP contribution in [0.25, 0.3) is 0 Å². The lowest BCUT2D eigenvalue weighted by Crippen LogP contribution is -2.47. The molecule has 2 amide bonds. The molecule has 4 rings (SSSR count). The lowest BCUT2D eigenvalue weighted by molar-refractivity contribution is -0.133. The Morgan fingerprint density at radius 2 is 1.84 bits per heavy atom. The Labute approximate surface area is 148 Å². The molecule has 1 saturated heterocycles. The van der Waals surface area contributed by atoms with Gasteiger partial charge in [-0.25, -0.2) is 0 Å². The number of carbonyl (C=O) groups is 2. The standard InChI is InChI=1S/C20H26N2O3/c1-25-18-5-3-2-4-15(18)16-12-17(16)19(23)21-14-8-10-22(11-9-14)20(24)13-6-7-13/h2-5,13-14,16-17H,6-12H2,1H3,(H,21,23)/t16-,17+/m1/s1. The SMILES string of the molecule is COc1ccccc1[C@H]1C[C@@H]1C(=O)NC1CCN(C(=O)C2CC2)CC1. The van der Waals surface area contributed by atoms with E-state index in [0.717, 1.165) is 56.5 Å². The molecule has 0 radical (unpaired) electrons. The molecule has 2 atom stereocenters. The third-order valence-electron chi connectivity index (χ3n) is 5.75. The predicted octanol–water partition coefficient (Wildman–Crippen LogP) is 2.32. The van der Waals surface area contributed by atoms with E-state index in [2.05, 4.69) is 11.4 Å². The van der Waals surface area contributed by atoms with Crippen LogP contribution in [0.4, 0.5) is 0 Å². The number of hydrogen-bond donors (Lipinski definition) is 1. The lowest BCUT2D eigenvalue weighted by Gasteiger charge is -2.32. The van der Waals surface area contributed by atoms with Gasteiger partial charge in [-0.3, -0.25) is 9.59 Å². The topological polar surface area (TPSA) is 58.6 Å². The van der Waals surface area contributed by atoms with Crippen LogP contribution in [-0.4, -0.2) is 43.0 Å². The third-order valence-corrected chi connectivity index (χ3v) is 5.75. The van der Waals surface area contributed by atoms with Crippen molar-refractivity contribution in [2.75, 3.05) is 20.2 Å². The van der Waals surface area contributed by atoms with Gasteiger partial charge < -0.3 is 15.0 Å². The van der Waals surface area contributed by atoms with Gasteiger partial charge in [-0.05, 0) is 49.7 Å². The number of methoxy groups -OCH3 is 1. The summed E-state index contributed by atoms with van der Waals surface area (Å²) in [6.45, 7) is 1.56. The van der Waals surface area contributed by atoms with Crippen LogP contribution < -0.4 is 10.1 Å². The minimum atomic E-state index is 0.0578. The average molecular weight is 342 g/mol. The number of nitrogens with zero attached hydrogens (tertiary/aromatic N) is 1. The first kappa shape index (κ1) is 16.4. The van der Waals surface area contributed by atoms with Crippen LogP contribution in [0.5, 0.6) is 5.75 Å². The van der Waals surface area contributed by atoms with Crippen molar-refractivity contribution in [3.63, 3.8) is 0 Å². The van der Waals surface area contributed by atoms with Gasteiger partial charge in [-0.2, -0.15) is 0 Å². The van der Waals surface area contributed by atoms with E-state index in [0.29, 0.717) is 11.8 Å². The molecule has 0 unspecified atom stereocenters. The fraction of sp³-hybridized carbons (Fsp3) is 0.600. The second-order valence-corrected chi connectivity index (χ2v) is 7.57. The molecule has 5 heteroatoms. The first-order chi connectivity index (χ1) is 12.2. The Morgan fingerprint density at radius 1 is 1.12 bits per heavy atom. The van der Waals surface area contributed by atoms with Crippen molar-refractivity contribution < 1.29 is 14.3 Å². The van der Waals surface area contributed by atoms with E-state index in [1.165, 1.54) is 0 Å². The minimum Gasteiger partial charge on any atom is -0.496 e. The molecule has 1 heterocycles. The summed E-state index contributed by atoms with van der Waals surface area (Å²) in [5.41, 5.74) is 1.13. The quantitative estimate of drug-likeness (QED) is 0.893. The fourth-order valence-corrected chi connectivity index (χ4v) is 3.94. The number of rotatable bonds is 5. The molecule has 0 aromatic heterocycles. The zero-order valence-electron chi connectivity index (χ0n) is 14.7. The maximum Gasteiger partial charge on any atom is 0.225 e. The number of ether oxygens (including phenoxy) is 1. The van der Waals surface area contributed by atoms with E-state index in [1.54, 1.807) is 7.11 Å². The van der Waals surface area contributed by atoms with Crippen molar-refractivity contribution >= 4 is 11.8 Å². The van der Waals surface area contributed by atoms with E-state index >= 15 is 0 Å². The molecular formula is C20H26N2O3. The third kappa shape index (κ3) is 3.51. The van der Waals surface area contributed by atoms with Gasteiger partial charge in [0.2, 0.25) is 11.8 Å². The molecule has 5 nitrogen and oxygen atoms in total. The van der Waals surface area contributed by atoms with Gasteiger partial charge in [-0.15, -0.1) is 0 Å². The van der Waals surface area contributed by atoms with Crippen molar-refractivity contribution in [2.24, 2.45) is 11.8 Å². The van der Waals surface area contributed by atoms with Crippen LogP contribution in [-0.2, 0) is 9.59 Å². The van der Waals surface area contributed by atoms with Crippen molar-refractivity contribution in [1.82, 2.24) is 10.2 Å². The van der Waals surface area contributed by atoms with Gasteiger partial charge in [0.1, 0.15) is 5.75 Å². The molecule has 134 valence electrons. The summed E-state index contributed by atoms with van der Waals surface area (Å²) in [7, 11) is 1.67. The van der Waals surface area contributed by atoms with Gasteiger partial charge in [0.15, 0.2) is 0 Å². The second-order valence-electron chi connectivity index (χ2n) is 7.57. The summed E-state index contributed by atoms with van der Waals surface area (Å²) < 4.78 is 5.41. The van der Waals surface area contributed by atoms with E-state index in [9.17, 15) is 9.59 Å². The molecule has 3 fully saturated rings. The Morgan fingerprint density at radius 3 is 2.52 bits per heavy atom. The molecule has 3 aliphatic rings. The largest absolute Gasteiger partial charge is 0.496 e. The molecule has 25 heavy (non-hydrogen) atoms. The van der Waals surface area contributed by atoms with Crippen LogP contribution >= 0.6 is 0 Å². The van der Waals surface area contributed by atoms with Crippen LogP contribution in [0.2, 0.25) is 0 Å². The first-order valence-electron chi connectivity index (χ1n) is 9.39. The van der Waals surface area contributed by atoms with E-state index in [-0.39, 0.29) is 23.8 Å². The second kappa shape index (κ2) is 6.70. The molecule has 2 saturated carbocycles. The highest BCUT2D eigenvalue weighted by molar-refractivity contribution is 5.83. The van der Waals surface area contributed by atoms with Crippen LogP contribution in [0.1, 0.15) is 43.6 Å². The van der Waals surface area contributed by atoms with Crippen LogP contribution in [0.15, 0.2) is 24.3 Å². The zero-order chi connectivity index (χ0) is 17.4. The average Bonchev–Trinajstić information content (AvgIpc) is 3.55. The molecule has 1 aliphatic heterocycles. The molecule has 0 spiro atoms. The van der Waals surface area contributed by atoms with Gasteiger partial charge >= 0.3 is 0 Å². The van der Waals surface area contributed by atoms with Gasteiger partial charge in [0, 0.05) is 31.0 Å². The molecule has 1 aromatic carbocycles. The highest BCUT2D eigenvalue weighted by Gasteiger charge is 2.46. The maximum atomic E-state index is 12.6. The normalized spacial score (nSPS) is 26.2. The zero-order valence-corrected chi connectivity index (χ0v) is 14.7. The minimum absolute atomic E-state index is 0.0578. The van der Waals surface area contributed by atoms with Crippen molar-refractivity contribution in [3.8, 4) is 5.75 Å². The number of carbonyl (C=O) groups excluding carboxylic acids is 2. The number of nitrogens with one attached hydrogen (secondary N) is 1. The lowest BCUT2D eigenvalue weighted by atomic mass is 10.0. The summed E-state index contributed by atoms with van der Waals surface area (Å²) >= 11 is 0. The smallest absolute Gasteiger partial charge is 0.225 e. The maximum absolute atomic E-state index is 12.6. The number of para-hydroxylation sites is 1. The predicted molar refractivity (Wildman–Crippen MR) is 94.3 cm³/mol. The number of benzene rings is 1. The number of piperidine rings is 1. The summed E-state index contributed by atoms with van der Waals surface area (Å²) in [4.78, 5) is 26.6. The highest BCUT2D eigenvalue weighted by Crippen LogP contribution is 2.50. The van der Waals surface area contributed by atoms with Crippen LogP contribution in [0.3, 0.4) is 0 Å². The number of hydrogen-bond acceptors (Lipinski definition) is 3. The Bertz CT molecular complexity index is 663. The monoisotopic (exact) mass is 342 g/mol. The summed E-state index contributed by atoms with van der Waals surface area (Å²) in [6.07, 6.45) is 4.75. The Balaban J connectivity index is 1.27. The molecule has 1 N–H and O–H groups in total. The molecule has 0 bridgehead atoms. The van der Waals surface area contributed by atoms with Gasteiger partial charge in [0.25, 0.3) is 0 Å². The van der Waals surface area contributed by atoms with E-state index < -0.39 is 0 Å². The highest BCUT2D eigenvalue weighted by atomic mass is 16.5. The van der Waals surface area contributed by atoms with Gasteiger partial charge in [0.05, 0.1) is 7.11 Å². The summed E-state index contributed by atoms with van der Waals surface area (Å²) in [5, 5.41) is 3.20. The molecule has 2 aliphatic carbocycles. The first-order valence-corrected chi connectivity index (χ1v) is 9.39. The van der Waals surface area contributed by atoms with Crippen LogP contribution in [0, 0.1) is 11.8 Å². The van der Waals surface area contributed by atoms with Gasteiger partial charge in [-0.1, -0.05) is 18.2 Å². The Hall–Kier alpha value is -2.04. The molecule has 1 aromatic rings.